The van der Waals surface area contributed by atoms with Gasteiger partial charge in [0.15, 0.2) is 0 Å². The van der Waals surface area contributed by atoms with Crippen molar-refractivity contribution in [2.75, 3.05) is 0 Å². The fourth-order valence-corrected chi connectivity index (χ4v) is 1.49. The molecule has 4 heteroatoms. The maximum Gasteiger partial charge on any atom is 0.139 e. The van der Waals surface area contributed by atoms with Crippen molar-refractivity contribution in [3.8, 4) is 0 Å². The Bertz CT molecular complexity index is 434. The minimum absolute atomic E-state index is 0.489. The van der Waals surface area contributed by atoms with Gasteiger partial charge in [-0.3, -0.25) is 0 Å². The van der Waals surface area contributed by atoms with Crippen molar-refractivity contribution in [1.82, 2.24) is 9.97 Å². The number of aryl methyl sites for hydroxylation is 1. The third kappa shape index (κ3) is 1.08. The molecular formula is C8H6Cl2N2. The third-order valence-electron chi connectivity index (χ3n) is 1.68. The molecule has 0 unspecified atom stereocenters. The van der Waals surface area contributed by atoms with Gasteiger partial charge in [-0.05, 0) is 13.0 Å². The Labute approximate surface area is 79.5 Å². The van der Waals surface area contributed by atoms with Crippen LogP contribution >= 0.6 is 23.2 Å². The van der Waals surface area contributed by atoms with Gasteiger partial charge < -0.3 is 4.98 Å². The normalized spacial score (nSPS) is 10.9. The molecule has 2 heterocycles. The first kappa shape index (κ1) is 7.90. The summed E-state index contributed by atoms with van der Waals surface area (Å²) in [6, 6.07) is 1.93. The molecule has 0 amide bonds. The zero-order valence-corrected chi connectivity index (χ0v) is 7.87. The fraction of sp³-hybridized carbons (Fsp3) is 0.125. The summed E-state index contributed by atoms with van der Waals surface area (Å²) in [6.07, 6.45) is 1.54. The minimum Gasteiger partial charge on any atom is -0.344 e. The van der Waals surface area contributed by atoms with Crippen LogP contribution in [0.4, 0.5) is 0 Å². The number of nitrogens with zero attached hydrogens (tertiary/aromatic N) is 1. The van der Waals surface area contributed by atoms with Gasteiger partial charge in [0.2, 0.25) is 0 Å². The van der Waals surface area contributed by atoms with Gasteiger partial charge in [-0.1, -0.05) is 23.2 Å². The molecule has 62 valence electrons. The lowest BCUT2D eigenvalue weighted by Crippen LogP contribution is -1.77. The summed E-state index contributed by atoms with van der Waals surface area (Å²) in [5, 5.41) is 1.93. The molecule has 0 aliphatic carbocycles. The monoisotopic (exact) mass is 200 g/mol. The van der Waals surface area contributed by atoms with E-state index < -0.39 is 0 Å². The average molecular weight is 201 g/mol. The molecule has 0 saturated heterocycles. The molecule has 0 aromatic carbocycles. The molecule has 2 nitrogen and oxygen atoms in total. The number of nitrogens with one attached hydrogen (secondary N) is 1. The number of aromatic nitrogens is 2. The topological polar surface area (TPSA) is 28.7 Å². The lowest BCUT2D eigenvalue weighted by Gasteiger charge is -1.94. The summed E-state index contributed by atoms with van der Waals surface area (Å²) in [7, 11) is 0. The van der Waals surface area contributed by atoms with Crippen LogP contribution in [0.5, 0.6) is 0 Å². The molecule has 0 bridgehead atoms. The van der Waals surface area contributed by atoms with E-state index in [0.29, 0.717) is 10.0 Å². The van der Waals surface area contributed by atoms with Crippen molar-refractivity contribution in [2.45, 2.75) is 6.92 Å². The molecule has 12 heavy (non-hydrogen) atoms. The van der Waals surface area contributed by atoms with Crippen LogP contribution in [0.3, 0.4) is 0 Å². The molecule has 1 N–H and O–H groups in total. The fourth-order valence-electron chi connectivity index (χ4n) is 1.15. The molecule has 0 spiro atoms. The van der Waals surface area contributed by atoms with Gasteiger partial charge in [0.25, 0.3) is 0 Å². The van der Waals surface area contributed by atoms with E-state index in [9.17, 15) is 0 Å². The number of pyridine rings is 1. The molecule has 0 fully saturated rings. The predicted molar refractivity (Wildman–Crippen MR) is 50.9 cm³/mol. The van der Waals surface area contributed by atoms with Crippen molar-refractivity contribution in [3.05, 3.63) is 28.0 Å². The Kier molecular flexibility index (Phi) is 1.74. The molecule has 0 aliphatic rings. The van der Waals surface area contributed by atoms with Crippen LogP contribution < -0.4 is 0 Å². The minimum atomic E-state index is 0.489. The van der Waals surface area contributed by atoms with E-state index >= 15 is 0 Å². The summed E-state index contributed by atoms with van der Waals surface area (Å²) in [4.78, 5) is 7.16. The first-order valence-corrected chi connectivity index (χ1v) is 4.23. The maximum absolute atomic E-state index is 5.95. The van der Waals surface area contributed by atoms with Gasteiger partial charge >= 0.3 is 0 Å². The van der Waals surface area contributed by atoms with Gasteiger partial charge in [0.05, 0.1) is 10.0 Å². The quantitative estimate of drug-likeness (QED) is 0.696. The van der Waals surface area contributed by atoms with Gasteiger partial charge in [0.1, 0.15) is 5.65 Å². The lowest BCUT2D eigenvalue weighted by molar-refractivity contribution is 1.25. The van der Waals surface area contributed by atoms with Gasteiger partial charge in [0, 0.05) is 17.3 Å². The number of rotatable bonds is 0. The number of hydrogen-bond acceptors (Lipinski definition) is 1. The van der Waals surface area contributed by atoms with Gasteiger partial charge in [-0.25, -0.2) is 4.98 Å². The average Bonchev–Trinajstić information content (AvgIpc) is 2.39. The number of hydrogen-bond donors (Lipinski definition) is 1. The summed E-state index contributed by atoms with van der Waals surface area (Å²) in [5.41, 5.74) is 1.81. The van der Waals surface area contributed by atoms with Crippen LogP contribution in [-0.2, 0) is 0 Å². The molecule has 0 atom stereocenters. The van der Waals surface area contributed by atoms with Crippen LogP contribution in [0.1, 0.15) is 5.69 Å². The Morgan fingerprint density at radius 1 is 1.42 bits per heavy atom. The highest BCUT2D eigenvalue weighted by molar-refractivity contribution is 6.44. The summed E-state index contributed by atoms with van der Waals surface area (Å²) < 4.78 is 0. The zero-order valence-electron chi connectivity index (χ0n) is 6.36. The smallest absolute Gasteiger partial charge is 0.139 e. The number of fused-ring (bicyclic) bond motifs is 1. The number of aromatic amines is 1. The second-order valence-corrected chi connectivity index (χ2v) is 3.42. The Hall–Kier alpha value is -0.730. The van der Waals surface area contributed by atoms with Crippen LogP contribution in [0.15, 0.2) is 12.3 Å². The van der Waals surface area contributed by atoms with Gasteiger partial charge in [-0.2, -0.15) is 0 Å². The standard InChI is InChI=1S/C8H6Cl2N2/c1-4-2-5-7(10)6(9)3-11-8(5)12-4/h2-3H,1H3,(H,11,12). The first-order valence-electron chi connectivity index (χ1n) is 3.48. The molecule has 2 aromatic heterocycles. The van der Waals surface area contributed by atoms with Crippen molar-refractivity contribution >= 4 is 34.2 Å². The highest BCUT2D eigenvalue weighted by atomic mass is 35.5. The molecule has 0 aliphatic heterocycles. The van der Waals surface area contributed by atoms with Crippen molar-refractivity contribution < 1.29 is 0 Å². The first-order chi connectivity index (χ1) is 5.68. The van der Waals surface area contributed by atoms with Crippen LogP contribution in [0, 0.1) is 6.92 Å². The molecule has 2 rings (SSSR count). The van der Waals surface area contributed by atoms with E-state index in [1.54, 1.807) is 6.20 Å². The van der Waals surface area contributed by atoms with Crippen molar-refractivity contribution in [2.24, 2.45) is 0 Å². The predicted octanol–water partition coefficient (Wildman–Crippen LogP) is 3.18. The zero-order chi connectivity index (χ0) is 8.72. The summed E-state index contributed by atoms with van der Waals surface area (Å²) in [6.45, 7) is 1.95. The molecular weight excluding hydrogens is 195 g/mol. The van der Waals surface area contributed by atoms with Crippen LogP contribution in [-0.4, -0.2) is 9.97 Å². The van der Waals surface area contributed by atoms with E-state index in [1.165, 1.54) is 0 Å². The Morgan fingerprint density at radius 3 is 2.92 bits per heavy atom. The lowest BCUT2D eigenvalue weighted by atomic mass is 10.3. The van der Waals surface area contributed by atoms with E-state index in [1.807, 2.05) is 13.0 Å². The van der Waals surface area contributed by atoms with E-state index in [2.05, 4.69) is 9.97 Å². The maximum atomic E-state index is 5.95. The van der Waals surface area contributed by atoms with E-state index in [-0.39, 0.29) is 0 Å². The van der Waals surface area contributed by atoms with E-state index in [0.717, 1.165) is 16.7 Å². The van der Waals surface area contributed by atoms with Crippen molar-refractivity contribution in [3.63, 3.8) is 0 Å². The highest BCUT2D eigenvalue weighted by Gasteiger charge is 2.06. The number of H-pyrrole nitrogens is 1. The molecule has 0 radical (unpaired) electrons. The van der Waals surface area contributed by atoms with E-state index in [4.69, 9.17) is 23.2 Å². The number of halogens is 2. The SMILES string of the molecule is Cc1cc2c(Cl)c(Cl)cnc2[nH]1. The summed E-state index contributed by atoms with van der Waals surface area (Å²) >= 11 is 11.7. The Balaban J connectivity index is 2.89. The van der Waals surface area contributed by atoms with Crippen molar-refractivity contribution in [1.29, 1.82) is 0 Å². The van der Waals surface area contributed by atoms with Crippen LogP contribution in [0.2, 0.25) is 10.0 Å². The Morgan fingerprint density at radius 2 is 2.17 bits per heavy atom. The largest absolute Gasteiger partial charge is 0.344 e. The second-order valence-electron chi connectivity index (χ2n) is 2.63. The second kappa shape index (κ2) is 2.64. The highest BCUT2D eigenvalue weighted by Crippen LogP contribution is 2.29. The van der Waals surface area contributed by atoms with Gasteiger partial charge in [-0.15, -0.1) is 0 Å². The third-order valence-corrected chi connectivity index (χ3v) is 2.48. The molecule has 0 saturated carbocycles. The molecule has 2 aromatic rings. The summed E-state index contributed by atoms with van der Waals surface area (Å²) in [5.74, 6) is 0. The van der Waals surface area contributed by atoms with Crippen LogP contribution in [0.25, 0.3) is 11.0 Å².